The fourth-order valence-electron chi connectivity index (χ4n) is 3.33. The van der Waals surface area contributed by atoms with Crippen LogP contribution in [0.4, 0.5) is 11.4 Å². The lowest BCUT2D eigenvalue weighted by Gasteiger charge is -2.18. The van der Waals surface area contributed by atoms with Gasteiger partial charge in [-0.15, -0.1) is 0 Å². The van der Waals surface area contributed by atoms with Gasteiger partial charge in [-0.1, -0.05) is 48.5 Å². The lowest BCUT2D eigenvalue weighted by atomic mass is 10.1. The number of ether oxygens (including phenoxy) is 1. The van der Waals surface area contributed by atoms with Gasteiger partial charge in [-0.2, -0.15) is 0 Å². The number of hydrogen-bond donors (Lipinski definition) is 1. The van der Waals surface area contributed by atoms with E-state index in [1.54, 1.807) is 29.2 Å². The minimum Gasteiger partial charge on any atom is -0.504 e. The van der Waals surface area contributed by atoms with Crippen molar-refractivity contribution < 1.29 is 14.6 Å². The average molecular weight is 431 g/mol. The molecule has 0 unspecified atom stereocenters. The molecule has 3 aromatic rings. The first-order chi connectivity index (χ1) is 15.0. The smallest absolute Gasteiger partial charge is 0.271 e. The second-order valence-corrected chi connectivity index (χ2v) is 8.13. The van der Waals surface area contributed by atoms with Gasteiger partial charge < -0.3 is 9.84 Å². The van der Waals surface area contributed by atoms with Crippen LogP contribution in [0.5, 0.6) is 11.5 Å². The zero-order valence-electron chi connectivity index (χ0n) is 17.5. The maximum absolute atomic E-state index is 13.5. The summed E-state index contributed by atoms with van der Waals surface area (Å²) >= 11 is 1.29. The van der Waals surface area contributed by atoms with Crippen molar-refractivity contribution in [1.29, 1.82) is 0 Å². The number of nitrogens with zero attached hydrogens (tertiary/aromatic N) is 2. The molecular formula is C25H22N2O3S. The van der Waals surface area contributed by atoms with Crippen LogP contribution in [0.2, 0.25) is 0 Å². The van der Waals surface area contributed by atoms with Crippen molar-refractivity contribution in [3.8, 4) is 11.5 Å². The van der Waals surface area contributed by atoms with Crippen molar-refractivity contribution in [2.75, 3.05) is 12.0 Å². The number of aryl methyl sites for hydroxylation is 2. The van der Waals surface area contributed by atoms with Crippen LogP contribution in [0.15, 0.2) is 76.6 Å². The summed E-state index contributed by atoms with van der Waals surface area (Å²) in [5.74, 6) is 0.167. The van der Waals surface area contributed by atoms with Gasteiger partial charge in [0.1, 0.15) is 0 Å². The molecule has 0 atom stereocenters. The van der Waals surface area contributed by atoms with E-state index < -0.39 is 0 Å². The molecule has 3 aromatic carbocycles. The Morgan fingerprint density at radius 3 is 2.39 bits per heavy atom. The minimum atomic E-state index is -0.186. The number of methoxy groups -OCH3 is 1. The number of aliphatic imine (C=N–C) groups is 1. The molecule has 0 spiro atoms. The molecule has 156 valence electrons. The highest BCUT2D eigenvalue weighted by molar-refractivity contribution is 8.19. The van der Waals surface area contributed by atoms with E-state index in [1.165, 1.54) is 18.9 Å². The van der Waals surface area contributed by atoms with E-state index in [4.69, 9.17) is 9.73 Å². The van der Waals surface area contributed by atoms with Crippen molar-refractivity contribution in [1.82, 2.24) is 0 Å². The van der Waals surface area contributed by atoms with Gasteiger partial charge in [0.25, 0.3) is 5.91 Å². The first-order valence-corrected chi connectivity index (χ1v) is 10.6. The standard InChI is InChI=1S/C25H22N2O3S/c1-16-9-4-6-12-19(16)26-25-27(20-13-7-5-10-17(20)2)24(29)22(31-25)15-18-11-8-14-21(30-3)23(18)28/h4-15,28H,1-3H3. The van der Waals surface area contributed by atoms with Crippen molar-refractivity contribution >= 4 is 40.3 Å². The topological polar surface area (TPSA) is 62.1 Å². The Hall–Kier alpha value is -3.51. The molecule has 6 heteroatoms. The molecule has 0 aliphatic carbocycles. The van der Waals surface area contributed by atoms with Crippen LogP contribution in [0, 0.1) is 13.8 Å². The number of amidine groups is 1. The quantitative estimate of drug-likeness (QED) is 0.529. The lowest BCUT2D eigenvalue weighted by Crippen LogP contribution is -2.29. The number of phenols is 1. The second kappa shape index (κ2) is 8.70. The third-order valence-electron chi connectivity index (χ3n) is 5.03. The predicted molar refractivity (Wildman–Crippen MR) is 127 cm³/mol. The second-order valence-electron chi connectivity index (χ2n) is 7.12. The van der Waals surface area contributed by atoms with Crippen LogP contribution < -0.4 is 9.64 Å². The van der Waals surface area contributed by atoms with E-state index in [-0.39, 0.29) is 11.7 Å². The first-order valence-electron chi connectivity index (χ1n) is 9.79. The summed E-state index contributed by atoms with van der Waals surface area (Å²) in [6, 6.07) is 20.7. The molecule has 31 heavy (non-hydrogen) atoms. The number of anilines is 1. The highest BCUT2D eigenvalue weighted by atomic mass is 32.2. The molecule has 1 heterocycles. The zero-order chi connectivity index (χ0) is 22.0. The number of benzene rings is 3. The van der Waals surface area contributed by atoms with E-state index in [2.05, 4.69) is 0 Å². The van der Waals surface area contributed by atoms with Gasteiger partial charge >= 0.3 is 0 Å². The molecule has 1 fully saturated rings. The van der Waals surface area contributed by atoms with Gasteiger partial charge in [0.15, 0.2) is 16.7 Å². The molecule has 1 aliphatic heterocycles. The van der Waals surface area contributed by atoms with Crippen LogP contribution in [-0.2, 0) is 4.79 Å². The summed E-state index contributed by atoms with van der Waals surface area (Å²) in [7, 11) is 1.49. The fourth-order valence-corrected chi connectivity index (χ4v) is 4.31. The number of thioether (sulfide) groups is 1. The highest BCUT2D eigenvalue weighted by Gasteiger charge is 2.35. The third-order valence-corrected chi connectivity index (χ3v) is 6.00. The van der Waals surface area contributed by atoms with Crippen molar-refractivity contribution in [3.63, 3.8) is 0 Å². The number of amides is 1. The number of phenolic OH excluding ortho intramolecular Hbond substituents is 1. The molecule has 0 radical (unpaired) electrons. The number of aromatic hydroxyl groups is 1. The first kappa shape index (κ1) is 20.8. The molecule has 1 aliphatic rings. The normalized spacial score (nSPS) is 16.4. The molecule has 0 bridgehead atoms. The largest absolute Gasteiger partial charge is 0.504 e. The van der Waals surface area contributed by atoms with Gasteiger partial charge in [-0.25, -0.2) is 4.99 Å². The van der Waals surface area contributed by atoms with E-state index in [0.29, 0.717) is 21.4 Å². The molecule has 1 amide bonds. The molecule has 5 nitrogen and oxygen atoms in total. The van der Waals surface area contributed by atoms with Crippen LogP contribution in [-0.4, -0.2) is 23.3 Å². The molecule has 1 saturated heterocycles. The van der Waals surface area contributed by atoms with Crippen LogP contribution in [0.1, 0.15) is 16.7 Å². The fraction of sp³-hybridized carbons (Fsp3) is 0.120. The van der Waals surface area contributed by atoms with Gasteiger partial charge in [0.2, 0.25) is 0 Å². The predicted octanol–water partition coefficient (Wildman–Crippen LogP) is 5.83. The number of carbonyl (C=O) groups is 1. The van der Waals surface area contributed by atoms with Gasteiger partial charge in [0, 0.05) is 5.56 Å². The maximum Gasteiger partial charge on any atom is 0.271 e. The van der Waals surface area contributed by atoms with E-state index in [1.807, 2.05) is 62.4 Å². The van der Waals surface area contributed by atoms with Crippen LogP contribution >= 0.6 is 11.8 Å². The molecule has 4 rings (SSSR count). The maximum atomic E-state index is 13.5. The Morgan fingerprint density at radius 2 is 1.68 bits per heavy atom. The summed E-state index contributed by atoms with van der Waals surface area (Å²) in [5, 5.41) is 11.0. The van der Waals surface area contributed by atoms with Crippen molar-refractivity contribution in [3.05, 3.63) is 88.3 Å². The Balaban J connectivity index is 1.84. The van der Waals surface area contributed by atoms with E-state index in [9.17, 15) is 9.90 Å². The molecule has 1 N–H and O–H groups in total. The number of carbonyl (C=O) groups excluding carboxylic acids is 1. The van der Waals surface area contributed by atoms with E-state index >= 15 is 0 Å². The van der Waals surface area contributed by atoms with Crippen LogP contribution in [0.3, 0.4) is 0 Å². The minimum absolute atomic E-state index is 0.00219. The number of para-hydroxylation sites is 3. The molecule has 0 aromatic heterocycles. The summed E-state index contributed by atoms with van der Waals surface area (Å²) in [4.78, 5) is 20.4. The Morgan fingerprint density at radius 1 is 0.968 bits per heavy atom. The van der Waals surface area contributed by atoms with Gasteiger partial charge in [-0.3, -0.25) is 9.69 Å². The lowest BCUT2D eigenvalue weighted by molar-refractivity contribution is -0.113. The van der Waals surface area contributed by atoms with E-state index in [0.717, 1.165) is 22.5 Å². The van der Waals surface area contributed by atoms with Gasteiger partial charge in [0.05, 0.1) is 23.4 Å². The summed E-state index contributed by atoms with van der Waals surface area (Å²) < 4.78 is 5.19. The SMILES string of the molecule is COc1cccc(C=C2SC(=Nc3ccccc3C)N(c3ccccc3C)C2=O)c1O. The Bertz CT molecular complexity index is 1220. The van der Waals surface area contributed by atoms with Crippen molar-refractivity contribution in [2.24, 2.45) is 4.99 Å². The average Bonchev–Trinajstić information content (AvgIpc) is 3.06. The summed E-state index contributed by atoms with van der Waals surface area (Å²) in [5.41, 5.74) is 4.10. The van der Waals surface area contributed by atoms with Gasteiger partial charge in [-0.05, 0) is 61.0 Å². The number of hydrogen-bond acceptors (Lipinski definition) is 5. The summed E-state index contributed by atoms with van der Waals surface area (Å²) in [6.45, 7) is 3.96. The molecule has 0 saturated carbocycles. The Labute approximate surface area is 185 Å². The highest BCUT2D eigenvalue weighted by Crippen LogP contribution is 2.40. The van der Waals surface area contributed by atoms with Crippen LogP contribution in [0.25, 0.3) is 6.08 Å². The number of rotatable bonds is 4. The molecular weight excluding hydrogens is 408 g/mol. The monoisotopic (exact) mass is 430 g/mol. The van der Waals surface area contributed by atoms with Crippen molar-refractivity contribution in [2.45, 2.75) is 13.8 Å². The summed E-state index contributed by atoms with van der Waals surface area (Å²) in [6.07, 6.45) is 1.68. The third kappa shape index (κ3) is 4.07. The Kier molecular flexibility index (Phi) is 5.82. The zero-order valence-corrected chi connectivity index (χ0v) is 18.3.